The third-order valence-corrected chi connectivity index (χ3v) is 3.40. The fourth-order valence-corrected chi connectivity index (χ4v) is 2.23. The molecule has 2 N–H and O–H groups in total. The molecule has 1 aromatic carbocycles. The third kappa shape index (κ3) is 3.95. The molecule has 7 heteroatoms. The topological polar surface area (TPSA) is 90.7 Å². The highest BCUT2D eigenvalue weighted by Crippen LogP contribution is 2.27. The number of likely N-dealkylation sites (N-methyl/N-ethyl adjacent to an activating group) is 1. The van der Waals surface area contributed by atoms with Gasteiger partial charge in [0.05, 0.1) is 12.1 Å². The molecule has 1 atom stereocenters. The Morgan fingerprint density at radius 3 is 2.38 bits per heavy atom. The van der Waals surface area contributed by atoms with E-state index in [1.54, 1.807) is 24.5 Å². The van der Waals surface area contributed by atoms with Gasteiger partial charge in [-0.15, -0.1) is 0 Å². The van der Waals surface area contributed by atoms with Crippen LogP contribution < -0.4 is 0 Å². The van der Waals surface area contributed by atoms with Gasteiger partial charge in [0.1, 0.15) is 5.82 Å². The van der Waals surface area contributed by atoms with Gasteiger partial charge < -0.3 is 15.1 Å². The van der Waals surface area contributed by atoms with E-state index in [-0.39, 0.29) is 0 Å². The van der Waals surface area contributed by atoms with Crippen molar-refractivity contribution >= 4 is 11.9 Å². The number of hydrogen-bond donors (Lipinski definition) is 2. The molecule has 1 aromatic heterocycles. The molecule has 0 aliphatic heterocycles. The molecule has 1 heterocycles. The molecule has 0 aliphatic carbocycles. The molecule has 1 amide bonds. The lowest BCUT2D eigenvalue weighted by Crippen LogP contribution is -2.31. The summed E-state index contributed by atoms with van der Waals surface area (Å²) in [5, 5.41) is 17.9. The number of aliphatic hydroxyl groups excluding tert-OH is 1. The van der Waals surface area contributed by atoms with E-state index in [1.165, 1.54) is 36.2 Å². The van der Waals surface area contributed by atoms with Gasteiger partial charge in [0.2, 0.25) is 5.76 Å². The van der Waals surface area contributed by atoms with E-state index in [4.69, 9.17) is 5.11 Å². The number of aromatic nitrogens is 1. The maximum Gasteiger partial charge on any atom is 0.371 e. The highest BCUT2D eigenvalue weighted by Gasteiger charge is 2.24. The first-order valence-corrected chi connectivity index (χ1v) is 6.96. The van der Waals surface area contributed by atoms with E-state index in [9.17, 15) is 19.1 Å². The molecular weight excluding hydrogens is 315 g/mol. The van der Waals surface area contributed by atoms with E-state index >= 15 is 0 Å². The molecule has 2 aromatic rings. The summed E-state index contributed by atoms with van der Waals surface area (Å²) in [5.41, 5.74) is 1.27. The molecule has 0 spiro atoms. The Balaban J connectivity index is 2.43. The van der Waals surface area contributed by atoms with Gasteiger partial charge in [0.15, 0.2) is 0 Å². The minimum atomic E-state index is -1.60. The predicted octanol–water partition coefficient (Wildman–Crippen LogP) is 2.29. The third-order valence-electron chi connectivity index (χ3n) is 3.40. The van der Waals surface area contributed by atoms with Crippen LogP contribution in [0.1, 0.15) is 17.2 Å². The zero-order valence-electron chi connectivity index (χ0n) is 12.8. The van der Waals surface area contributed by atoms with Crippen molar-refractivity contribution in [2.45, 2.75) is 6.04 Å². The summed E-state index contributed by atoms with van der Waals surface area (Å²) in [6.45, 7) is 0. The average molecular weight is 330 g/mol. The number of carboxylic acid groups (broad SMARTS) is 1. The SMILES string of the molecule is CN(C(=O)C=C(O)C(=O)O)C(c1ccc(F)cc1)c1cccnc1. The van der Waals surface area contributed by atoms with Crippen LogP contribution in [0.3, 0.4) is 0 Å². The van der Waals surface area contributed by atoms with Gasteiger partial charge in [-0.3, -0.25) is 9.78 Å². The number of carboxylic acids is 1. The Labute approximate surface area is 137 Å². The van der Waals surface area contributed by atoms with Gasteiger partial charge in [-0.2, -0.15) is 0 Å². The Bertz CT molecular complexity index is 760. The summed E-state index contributed by atoms with van der Waals surface area (Å²) in [5.74, 6) is -3.79. The monoisotopic (exact) mass is 330 g/mol. The fraction of sp³-hybridized carbons (Fsp3) is 0.118. The lowest BCUT2D eigenvalue weighted by atomic mass is 9.98. The Morgan fingerprint density at radius 1 is 1.17 bits per heavy atom. The van der Waals surface area contributed by atoms with E-state index in [0.29, 0.717) is 17.2 Å². The van der Waals surface area contributed by atoms with Gasteiger partial charge in [0.25, 0.3) is 5.91 Å². The van der Waals surface area contributed by atoms with Crippen LogP contribution in [0.25, 0.3) is 0 Å². The molecule has 0 bridgehead atoms. The van der Waals surface area contributed by atoms with Gasteiger partial charge in [-0.1, -0.05) is 18.2 Å². The van der Waals surface area contributed by atoms with Crippen molar-refractivity contribution in [3.8, 4) is 0 Å². The Morgan fingerprint density at radius 2 is 1.83 bits per heavy atom. The lowest BCUT2D eigenvalue weighted by molar-refractivity contribution is -0.136. The van der Waals surface area contributed by atoms with Crippen LogP contribution >= 0.6 is 0 Å². The smallest absolute Gasteiger partial charge is 0.371 e. The van der Waals surface area contributed by atoms with Crippen molar-refractivity contribution in [3.05, 3.63) is 77.6 Å². The molecule has 2 rings (SSSR count). The quantitative estimate of drug-likeness (QED) is 0.648. The average Bonchev–Trinajstić information content (AvgIpc) is 2.57. The number of halogens is 1. The van der Waals surface area contributed by atoms with E-state index < -0.39 is 29.5 Å². The van der Waals surface area contributed by atoms with Crippen LogP contribution in [-0.4, -0.2) is 39.0 Å². The maximum absolute atomic E-state index is 13.2. The first-order chi connectivity index (χ1) is 11.4. The van der Waals surface area contributed by atoms with Crippen molar-refractivity contribution in [1.29, 1.82) is 0 Å². The number of amides is 1. The summed E-state index contributed by atoms with van der Waals surface area (Å²) >= 11 is 0. The van der Waals surface area contributed by atoms with Crippen LogP contribution in [0.15, 0.2) is 60.6 Å². The van der Waals surface area contributed by atoms with Gasteiger partial charge in [-0.25, -0.2) is 9.18 Å². The number of nitrogens with zero attached hydrogens (tertiary/aromatic N) is 2. The first kappa shape index (κ1) is 17.1. The van der Waals surface area contributed by atoms with E-state index in [1.807, 2.05) is 0 Å². The van der Waals surface area contributed by atoms with Crippen LogP contribution in [0.4, 0.5) is 4.39 Å². The predicted molar refractivity (Wildman–Crippen MR) is 83.6 cm³/mol. The molecule has 0 aliphatic rings. The summed E-state index contributed by atoms with van der Waals surface area (Å²) in [6.07, 6.45) is 3.75. The van der Waals surface area contributed by atoms with Gasteiger partial charge >= 0.3 is 5.97 Å². The normalized spacial score (nSPS) is 12.5. The number of aliphatic carboxylic acids is 1. The number of pyridine rings is 1. The molecule has 0 radical (unpaired) electrons. The molecular formula is C17H15FN2O4. The van der Waals surface area contributed by atoms with Crippen LogP contribution in [-0.2, 0) is 9.59 Å². The van der Waals surface area contributed by atoms with Gasteiger partial charge in [0, 0.05) is 19.4 Å². The molecule has 0 fully saturated rings. The Kier molecular flexibility index (Phi) is 5.26. The second-order valence-corrected chi connectivity index (χ2v) is 5.02. The lowest BCUT2D eigenvalue weighted by Gasteiger charge is -2.28. The van der Waals surface area contributed by atoms with Crippen LogP contribution in [0, 0.1) is 5.82 Å². The highest BCUT2D eigenvalue weighted by atomic mass is 19.1. The minimum absolute atomic E-state index is 0.416. The molecule has 1 unspecified atom stereocenters. The van der Waals surface area contributed by atoms with Crippen molar-refractivity contribution in [3.63, 3.8) is 0 Å². The van der Waals surface area contributed by atoms with Crippen LogP contribution in [0.5, 0.6) is 0 Å². The van der Waals surface area contributed by atoms with Crippen molar-refractivity contribution in [2.24, 2.45) is 0 Å². The summed E-state index contributed by atoms with van der Waals surface area (Å²) in [7, 11) is 1.45. The number of rotatable bonds is 5. The summed E-state index contributed by atoms with van der Waals surface area (Å²) in [4.78, 5) is 28.2. The van der Waals surface area contributed by atoms with Crippen molar-refractivity contribution < 1.29 is 24.2 Å². The number of aliphatic hydroxyl groups is 1. The van der Waals surface area contributed by atoms with Crippen LogP contribution in [0.2, 0.25) is 0 Å². The molecule has 6 nitrogen and oxygen atoms in total. The standard InChI is InChI=1S/C17H15FN2O4/c1-20(15(22)9-14(21)17(23)24)16(12-3-2-8-19-10-12)11-4-6-13(18)7-5-11/h2-10,16,21H,1H3,(H,23,24). The maximum atomic E-state index is 13.2. The second kappa shape index (κ2) is 7.36. The largest absolute Gasteiger partial charge is 0.502 e. The fourth-order valence-electron chi connectivity index (χ4n) is 2.23. The zero-order chi connectivity index (χ0) is 17.7. The number of benzene rings is 1. The first-order valence-electron chi connectivity index (χ1n) is 6.96. The molecule has 124 valence electrons. The van der Waals surface area contributed by atoms with E-state index in [0.717, 1.165) is 0 Å². The van der Waals surface area contributed by atoms with Crippen molar-refractivity contribution in [1.82, 2.24) is 9.88 Å². The number of hydrogen-bond acceptors (Lipinski definition) is 4. The van der Waals surface area contributed by atoms with Gasteiger partial charge in [-0.05, 0) is 29.3 Å². The summed E-state index contributed by atoms with van der Waals surface area (Å²) in [6, 6.07) is 8.39. The van der Waals surface area contributed by atoms with E-state index in [2.05, 4.69) is 4.98 Å². The molecule has 24 heavy (non-hydrogen) atoms. The minimum Gasteiger partial charge on any atom is -0.502 e. The second-order valence-electron chi connectivity index (χ2n) is 5.02. The molecule has 0 saturated heterocycles. The molecule has 0 saturated carbocycles. The Hall–Kier alpha value is -3.22. The highest BCUT2D eigenvalue weighted by molar-refractivity contribution is 5.96. The zero-order valence-corrected chi connectivity index (χ0v) is 12.8. The van der Waals surface area contributed by atoms with Crippen molar-refractivity contribution in [2.75, 3.05) is 7.05 Å². The summed E-state index contributed by atoms with van der Waals surface area (Å²) < 4.78 is 13.2. The number of carbonyl (C=O) groups is 2. The number of carbonyl (C=O) groups excluding carboxylic acids is 1.